The summed E-state index contributed by atoms with van der Waals surface area (Å²) >= 11 is 0. The van der Waals surface area contributed by atoms with Crippen LogP contribution in [0.5, 0.6) is 17.2 Å². The van der Waals surface area contributed by atoms with Gasteiger partial charge in [-0.1, -0.05) is 12.1 Å². The topological polar surface area (TPSA) is 93.2 Å². The number of alkyl halides is 2. The highest BCUT2D eigenvalue weighted by molar-refractivity contribution is 5.93. The molecule has 1 aliphatic heterocycles. The zero-order valence-corrected chi connectivity index (χ0v) is 16.5. The second-order valence-electron chi connectivity index (χ2n) is 6.25. The summed E-state index contributed by atoms with van der Waals surface area (Å²) in [5, 5.41) is 8.74. The van der Waals surface area contributed by atoms with Crippen molar-refractivity contribution in [3.05, 3.63) is 53.1 Å². The van der Waals surface area contributed by atoms with Gasteiger partial charge in [-0.2, -0.15) is 8.78 Å². The molecule has 0 saturated carbocycles. The van der Waals surface area contributed by atoms with Gasteiger partial charge in [0.25, 0.3) is 5.91 Å². The van der Waals surface area contributed by atoms with E-state index in [4.69, 9.17) is 9.47 Å². The minimum atomic E-state index is -2.96. The smallest absolute Gasteiger partial charge is 0.387 e. The summed E-state index contributed by atoms with van der Waals surface area (Å²) in [5.74, 6) is 1.13. The van der Waals surface area contributed by atoms with Crippen molar-refractivity contribution in [2.45, 2.75) is 19.7 Å². The average Bonchev–Trinajstić information content (AvgIpc) is 3.20. The number of hydrogen-bond acceptors (Lipinski definition) is 5. The van der Waals surface area contributed by atoms with Crippen LogP contribution in [-0.4, -0.2) is 39.4 Å². The van der Waals surface area contributed by atoms with Gasteiger partial charge in [-0.3, -0.25) is 9.79 Å². The number of carbonyl (C=O) groups excluding carboxylic acids is 1. The number of nitrogens with one attached hydrogen (secondary N) is 3. The van der Waals surface area contributed by atoms with Gasteiger partial charge in [-0.25, -0.2) is 0 Å². The fraction of sp³-hybridized carbons (Fsp3) is 0.300. The maximum atomic E-state index is 12.8. The molecule has 0 aromatic heterocycles. The van der Waals surface area contributed by atoms with Gasteiger partial charge >= 0.3 is 6.61 Å². The lowest BCUT2D eigenvalue weighted by Crippen LogP contribution is -2.36. The molecule has 2 aromatic carbocycles. The van der Waals surface area contributed by atoms with Crippen molar-refractivity contribution in [1.82, 2.24) is 16.0 Å². The fourth-order valence-corrected chi connectivity index (χ4v) is 2.81. The van der Waals surface area contributed by atoms with Gasteiger partial charge in [0.2, 0.25) is 6.79 Å². The van der Waals surface area contributed by atoms with Crippen LogP contribution in [0.1, 0.15) is 21.5 Å². The van der Waals surface area contributed by atoms with E-state index in [9.17, 15) is 13.6 Å². The second-order valence-corrected chi connectivity index (χ2v) is 6.25. The van der Waals surface area contributed by atoms with Crippen LogP contribution in [0.25, 0.3) is 0 Å². The van der Waals surface area contributed by atoms with Crippen LogP contribution in [0.15, 0.2) is 41.4 Å². The molecule has 1 aliphatic rings. The number of guanidine groups is 1. The van der Waals surface area contributed by atoms with E-state index in [1.54, 1.807) is 32.3 Å². The quantitative estimate of drug-likeness (QED) is 0.470. The molecule has 10 heteroatoms. The van der Waals surface area contributed by atoms with Crippen molar-refractivity contribution in [2.75, 3.05) is 20.9 Å². The van der Waals surface area contributed by atoms with Gasteiger partial charge in [-0.05, 0) is 23.8 Å². The lowest BCUT2D eigenvalue weighted by molar-refractivity contribution is -0.0505. The molecule has 0 unspecified atom stereocenters. The molecule has 0 bridgehead atoms. The molecule has 2 aromatic rings. The Morgan fingerprint density at radius 1 is 1.13 bits per heavy atom. The van der Waals surface area contributed by atoms with Gasteiger partial charge < -0.3 is 30.2 Å². The Labute approximate surface area is 172 Å². The van der Waals surface area contributed by atoms with Crippen LogP contribution in [-0.2, 0) is 13.1 Å². The van der Waals surface area contributed by atoms with Gasteiger partial charge in [-0.15, -0.1) is 0 Å². The number of aliphatic imine (C=N–C) groups is 1. The Morgan fingerprint density at radius 2 is 1.80 bits per heavy atom. The minimum absolute atomic E-state index is 0.00185. The predicted molar refractivity (Wildman–Crippen MR) is 106 cm³/mol. The average molecular weight is 420 g/mol. The summed E-state index contributed by atoms with van der Waals surface area (Å²) in [4.78, 5) is 15.7. The first-order chi connectivity index (χ1) is 14.5. The molecular formula is C20H22F2N4O4. The molecule has 0 radical (unpaired) electrons. The first kappa shape index (κ1) is 21.2. The molecule has 0 aliphatic carbocycles. The summed E-state index contributed by atoms with van der Waals surface area (Å²) in [7, 11) is 3.17. The van der Waals surface area contributed by atoms with E-state index in [2.05, 4.69) is 25.7 Å². The number of ether oxygens (including phenoxy) is 3. The molecule has 0 fully saturated rings. The van der Waals surface area contributed by atoms with Crippen molar-refractivity contribution < 1.29 is 27.8 Å². The maximum Gasteiger partial charge on any atom is 0.387 e. The van der Waals surface area contributed by atoms with E-state index in [-0.39, 0.29) is 25.0 Å². The number of halogens is 2. The van der Waals surface area contributed by atoms with Gasteiger partial charge in [0.15, 0.2) is 17.5 Å². The number of hydrogen-bond donors (Lipinski definition) is 3. The molecule has 0 atom stereocenters. The molecule has 1 heterocycles. The number of nitrogens with zero attached hydrogens (tertiary/aromatic N) is 1. The molecule has 1 amide bonds. The summed E-state index contributed by atoms with van der Waals surface area (Å²) in [5.41, 5.74) is 1.98. The number of amides is 1. The van der Waals surface area contributed by atoms with E-state index in [1.165, 1.54) is 6.07 Å². The van der Waals surface area contributed by atoms with E-state index < -0.39 is 6.61 Å². The van der Waals surface area contributed by atoms with Crippen LogP contribution in [0.2, 0.25) is 0 Å². The number of fused-ring (bicyclic) bond motifs is 1. The van der Waals surface area contributed by atoms with Gasteiger partial charge in [0.05, 0.1) is 0 Å². The molecule has 160 valence electrons. The van der Waals surface area contributed by atoms with Gasteiger partial charge in [0.1, 0.15) is 5.75 Å². The zero-order chi connectivity index (χ0) is 21.5. The number of carbonyl (C=O) groups is 1. The normalized spacial score (nSPS) is 12.6. The number of benzene rings is 2. The van der Waals surface area contributed by atoms with Crippen molar-refractivity contribution in [3.8, 4) is 17.2 Å². The Kier molecular flexibility index (Phi) is 6.89. The van der Waals surface area contributed by atoms with Crippen LogP contribution in [0, 0.1) is 0 Å². The van der Waals surface area contributed by atoms with E-state index in [0.717, 1.165) is 5.56 Å². The highest BCUT2D eigenvalue weighted by atomic mass is 19.3. The summed E-state index contributed by atoms with van der Waals surface area (Å²) < 4.78 is 40.6. The summed E-state index contributed by atoms with van der Waals surface area (Å²) in [6.45, 7) is -2.30. The zero-order valence-electron chi connectivity index (χ0n) is 16.5. The Bertz CT molecular complexity index is 920. The molecule has 30 heavy (non-hydrogen) atoms. The predicted octanol–water partition coefficient (Wildman–Crippen LogP) is 2.24. The maximum absolute atomic E-state index is 12.8. The van der Waals surface area contributed by atoms with Crippen molar-refractivity contribution in [1.29, 1.82) is 0 Å². The van der Waals surface area contributed by atoms with Crippen molar-refractivity contribution in [2.24, 2.45) is 4.99 Å². The lowest BCUT2D eigenvalue weighted by atomic mass is 10.1. The SMILES string of the molecule is CN=C(NCc1ccc(C(=O)NC)cc1)NCc1cc2c(cc1OC(F)F)OCO2. The molecule has 3 rings (SSSR count). The lowest BCUT2D eigenvalue weighted by Gasteiger charge is -2.15. The minimum Gasteiger partial charge on any atom is -0.454 e. The third-order valence-corrected chi connectivity index (χ3v) is 4.34. The Morgan fingerprint density at radius 3 is 2.43 bits per heavy atom. The summed E-state index contributed by atoms with van der Waals surface area (Å²) in [6, 6.07) is 10.1. The van der Waals surface area contributed by atoms with Gasteiger partial charge in [0, 0.05) is 44.4 Å². The standard InChI is InChI=1S/C20H22F2N4O4/c1-23-18(27)13-5-3-12(4-6-13)9-25-20(24-2)26-10-14-7-16-17(29-11-28-16)8-15(14)30-19(21)22/h3-8,19H,9-11H2,1-2H3,(H,23,27)(H2,24,25,26). The van der Waals surface area contributed by atoms with Crippen LogP contribution in [0.3, 0.4) is 0 Å². The van der Waals surface area contributed by atoms with Crippen LogP contribution >= 0.6 is 0 Å². The highest BCUT2D eigenvalue weighted by Crippen LogP contribution is 2.38. The monoisotopic (exact) mass is 420 g/mol. The third kappa shape index (κ3) is 5.28. The first-order valence-electron chi connectivity index (χ1n) is 9.13. The third-order valence-electron chi connectivity index (χ3n) is 4.34. The first-order valence-corrected chi connectivity index (χ1v) is 9.13. The highest BCUT2D eigenvalue weighted by Gasteiger charge is 2.20. The van der Waals surface area contributed by atoms with Crippen molar-refractivity contribution >= 4 is 11.9 Å². The molecule has 8 nitrogen and oxygen atoms in total. The number of rotatable bonds is 7. The molecule has 0 spiro atoms. The Hall–Kier alpha value is -3.56. The van der Waals surface area contributed by atoms with Crippen LogP contribution < -0.4 is 30.2 Å². The molecular weight excluding hydrogens is 398 g/mol. The molecule has 3 N–H and O–H groups in total. The second kappa shape index (κ2) is 9.77. The van der Waals surface area contributed by atoms with E-state index in [1.807, 2.05) is 12.1 Å². The van der Waals surface area contributed by atoms with Crippen LogP contribution in [0.4, 0.5) is 8.78 Å². The largest absolute Gasteiger partial charge is 0.454 e. The summed E-state index contributed by atoms with van der Waals surface area (Å²) in [6.07, 6.45) is 0. The Balaban J connectivity index is 1.61. The molecule has 0 saturated heterocycles. The van der Waals surface area contributed by atoms with E-state index in [0.29, 0.717) is 35.1 Å². The van der Waals surface area contributed by atoms with E-state index >= 15 is 0 Å². The fourth-order valence-electron chi connectivity index (χ4n) is 2.81. The van der Waals surface area contributed by atoms with Crippen molar-refractivity contribution in [3.63, 3.8) is 0 Å².